The van der Waals surface area contributed by atoms with Gasteiger partial charge in [0.2, 0.25) is 10.0 Å². The maximum Gasteiger partial charge on any atom is 0.333 e. The van der Waals surface area contributed by atoms with Crippen LogP contribution in [0.15, 0.2) is 70.0 Å². The second-order valence-electron chi connectivity index (χ2n) is 9.75. The van der Waals surface area contributed by atoms with Crippen molar-refractivity contribution in [2.45, 2.75) is 49.8 Å². The molecule has 2 aliphatic rings. The molecule has 0 saturated carbocycles. The third-order valence-electron chi connectivity index (χ3n) is 6.92. The number of nitrogens with one attached hydrogen (secondary N) is 1. The predicted octanol–water partition coefficient (Wildman–Crippen LogP) is 5.10. The maximum atomic E-state index is 14.0. The van der Waals surface area contributed by atoms with Crippen LogP contribution >= 0.6 is 22.9 Å². The Hall–Kier alpha value is -3.53. The van der Waals surface area contributed by atoms with Gasteiger partial charge >= 0.3 is 6.55 Å². The molecule has 5 heterocycles. The lowest BCUT2D eigenvalue weighted by molar-refractivity contribution is 0.0564. The molecule has 0 bridgehead atoms. The smallest absolute Gasteiger partial charge is 0.326 e. The van der Waals surface area contributed by atoms with Crippen molar-refractivity contribution >= 4 is 44.4 Å². The highest BCUT2D eigenvalue weighted by Gasteiger charge is 2.42. The normalized spacial score (nSPS) is 19.1. The van der Waals surface area contributed by atoms with Crippen LogP contribution in [0.1, 0.15) is 48.6 Å². The molecular formula is C26H24ClF3N8O2S2. The molecular weight excluding hydrogens is 613 g/mol. The van der Waals surface area contributed by atoms with Crippen molar-refractivity contribution in [3.8, 4) is 0 Å². The largest absolute Gasteiger partial charge is 0.333 e. The Labute approximate surface area is 248 Å². The minimum absolute atomic E-state index is 0.0375. The van der Waals surface area contributed by atoms with Gasteiger partial charge in [0.25, 0.3) is 0 Å². The lowest BCUT2D eigenvalue weighted by Gasteiger charge is -2.32. The number of fused-ring (bicyclic) bond motifs is 1. The molecule has 1 N–H and O–H groups in total. The van der Waals surface area contributed by atoms with Crippen LogP contribution in [0.4, 0.5) is 13.2 Å². The van der Waals surface area contributed by atoms with Gasteiger partial charge in [-0.1, -0.05) is 24.6 Å². The van der Waals surface area contributed by atoms with Crippen LogP contribution < -0.4 is 4.72 Å². The number of hydrogen-bond acceptors (Lipinski definition) is 8. The highest BCUT2D eigenvalue weighted by atomic mass is 35.5. The molecule has 2 atom stereocenters. The van der Waals surface area contributed by atoms with Gasteiger partial charge in [-0.3, -0.25) is 9.67 Å². The average molecular weight is 637 g/mol. The minimum Gasteiger partial charge on any atom is -0.326 e. The Kier molecular flexibility index (Phi) is 7.68. The van der Waals surface area contributed by atoms with Gasteiger partial charge in [0.1, 0.15) is 16.8 Å². The van der Waals surface area contributed by atoms with Crippen LogP contribution in [-0.2, 0) is 16.6 Å². The van der Waals surface area contributed by atoms with E-state index in [1.54, 1.807) is 16.3 Å². The Morgan fingerprint density at radius 3 is 2.79 bits per heavy atom. The molecule has 10 nitrogen and oxygen atoms in total. The topological polar surface area (TPSA) is 110 Å². The number of aliphatic imine (C=N–C) groups is 1. The van der Waals surface area contributed by atoms with Gasteiger partial charge in [-0.25, -0.2) is 27.2 Å². The van der Waals surface area contributed by atoms with Crippen LogP contribution in [0.5, 0.6) is 0 Å². The fourth-order valence-corrected chi connectivity index (χ4v) is 7.25. The van der Waals surface area contributed by atoms with E-state index in [2.05, 4.69) is 19.9 Å². The summed E-state index contributed by atoms with van der Waals surface area (Å²) in [7, 11) is -3.94. The molecule has 4 aromatic rings. The number of nitrogens with zero attached hydrogens (tertiary/aromatic N) is 7. The first-order valence-electron chi connectivity index (χ1n) is 13.0. The Morgan fingerprint density at radius 1 is 1.26 bits per heavy atom. The molecule has 0 aliphatic carbocycles. The van der Waals surface area contributed by atoms with Crippen LogP contribution in [0.25, 0.3) is 5.57 Å². The molecule has 0 amide bonds. The number of amidine groups is 1. The van der Waals surface area contributed by atoms with E-state index in [-0.39, 0.29) is 28.6 Å². The number of rotatable bonds is 9. The summed E-state index contributed by atoms with van der Waals surface area (Å²) in [6.45, 7) is -0.135. The van der Waals surface area contributed by atoms with E-state index in [0.717, 1.165) is 18.7 Å². The number of sulfonamides is 1. The zero-order chi connectivity index (χ0) is 29.6. The number of aromatic nitrogens is 5. The molecule has 6 rings (SSSR count). The van der Waals surface area contributed by atoms with Gasteiger partial charge in [0, 0.05) is 71.4 Å². The number of benzene rings is 1. The summed E-state index contributed by atoms with van der Waals surface area (Å²) >= 11 is 7.83. The third-order valence-corrected chi connectivity index (χ3v) is 9.49. The third kappa shape index (κ3) is 5.37. The Balaban J connectivity index is 1.46. The van der Waals surface area contributed by atoms with Gasteiger partial charge in [-0.05, 0) is 24.6 Å². The lowest BCUT2D eigenvalue weighted by Crippen LogP contribution is -2.39. The monoisotopic (exact) mass is 636 g/mol. The SMILES string of the molecule is CCCn1cc(S(=O)(=O)N[C@H]2CC3=C(c4ccn(C(F)F)n4)[C@H](c4ccc(F)cc4Cl)N=C(c4nccs4)N3C2)cn1. The number of thiazole rings is 1. The first-order valence-corrected chi connectivity index (χ1v) is 15.7. The fraction of sp³-hybridized carbons (Fsp3) is 0.308. The number of halogens is 4. The number of hydrogen-bond donors (Lipinski definition) is 1. The summed E-state index contributed by atoms with van der Waals surface area (Å²) in [5.41, 5.74) is 1.73. The van der Waals surface area contributed by atoms with Gasteiger partial charge in [0.05, 0.1) is 11.9 Å². The Bertz CT molecular complexity index is 1790. The standard InChI is InChI=1S/C26H24ClF3N8O2S2/c1-2-7-36-14-17(12-32-36)42(39,40)35-16-11-21-22(20-5-8-38(34-20)26(29)30)23(18-4-3-15(28)10-19(18)27)33-24(37(21)13-16)25-31-6-9-41-25/h3-6,8-10,12,14,16,23,26,35H,2,7,11,13H2,1H3/t16-,23-/m0/s1. The van der Waals surface area contributed by atoms with E-state index in [4.69, 9.17) is 16.6 Å². The molecule has 42 heavy (non-hydrogen) atoms. The highest BCUT2D eigenvalue weighted by molar-refractivity contribution is 7.89. The lowest BCUT2D eigenvalue weighted by atomic mass is 9.92. The molecule has 3 aromatic heterocycles. The molecule has 1 aromatic carbocycles. The first kappa shape index (κ1) is 28.6. The second kappa shape index (κ2) is 11.3. The minimum atomic E-state index is -3.94. The van der Waals surface area contributed by atoms with Crippen LogP contribution in [0, 0.1) is 5.82 Å². The van der Waals surface area contributed by atoms with E-state index in [1.807, 2.05) is 11.8 Å². The summed E-state index contributed by atoms with van der Waals surface area (Å²) in [6.07, 6.45) is 6.55. The van der Waals surface area contributed by atoms with Gasteiger partial charge in [-0.2, -0.15) is 19.0 Å². The van der Waals surface area contributed by atoms with Crippen molar-refractivity contribution in [1.29, 1.82) is 0 Å². The Morgan fingerprint density at radius 2 is 2.10 bits per heavy atom. The van der Waals surface area contributed by atoms with Crippen molar-refractivity contribution in [2.75, 3.05) is 6.54 Å². The summed E-state index contributed by atoms with van der Waals surface area (Å²) < 4.78 is 72.6. The summed E-state index contributed by atoms with van der Waals surface area (Å²) in [5, 5.41) is 10.7. The van der Waals surface area contributed by atoms with Crippen molar-refractivity contribution in [2.24, 2.45) is 4.99 Å². The number of alkyl halides is 2. The number of aryl methyl sites for hydroxylation is 1. The maximum absolute atomic E-state index is 14.0. The van der Waals surface area contributed by atoms with E-state index in [0.29, 0.717) is 38.9 Å². The van der Waals surface area contributed by atoms with Gasteiger partial charge in [0.15, 0.2) is 10.8 Å². The van der Waals surface area contributed by atoms with E-state index in [1.165, 1.54) is 41.9 Å². The molecule has 0 spiro atoms. The summed E-state index contributed by atoms with van der Waals surface area (Å²) in [6, 6.07) is 3.88. The van der Waals surface area contributed by atoms with Crippen LogP contribution in [-0.4, -0.2) is 56.3 Å². The van der Waals surface area contributed by atoms with Crippen molar-refractivity contribution in [3.63, 3.8) is 0 Å². The van der Waals surface area contributed by atoms with Gasteiger partial charge < -0.3 is 4.90 Å². The van der Waals surface area contributed by atoms with Crippen molar-refractivity contribution in [1.82, 2.24) is 34.2 Å². The highest BCUT2D eigenvalue weighted by Crippen LogP contribution is 2.46. The summed E-state index contributed by atoms with van der Waals surface area (Å²) in [4.78, 5) is 11.2. The van der Waals surface area contributed by atoms with Crippen molar-refractivity contribution < 1.29 is 21.6 Å². The van der Waals surface area contributed by atoms with Crippen molar-refractivity contribution in [3.05, 3.63) is 87.2 Å². The van der Waals surface area contributed by atoms with Gasteiger partial charge in [-0.15, -0.1) is 11.3 Å². The zero-order valence-electron chi connectivity index (χ0n) is 22.0. The zero-order valence-corrected chi connectivity index (χ0v) is 24.4. The molecule has 0 radical (unpaired) electrons. The van der Waals surface area contributed by atoms with E-state index < -0.39 is 34.5 Å². The average Bonchev–Trinajstić information content (AvgIpc) is 3.75. The fourth-order valence-electron chi connectivity index (χ4n) is 5.16. The van der Waals surface area contributed by atoms with E-state index >= 15 is 0 Å². The predicted molar refractivity (Wildman–Crippen MR) is 151 cm³/mol. The molecule has 16 heteroatoms. The second-order valence-corrected chi connectivity index (χ2v) is 12.8. The first-order chi connectivity index (χ1) is 20.1. The quantitative estimate of drug-likeness (QED) is 0.274. The van der Waals surface area contributed by atoms with Crippen LogP contribution in [0.2, 0.25) is 5.02 Å². The van der Waals surface area contributed by atoms with E-state index in [9.17, 15) is 21.6 Å². The molecule has 0 unspecified atom stereocenters. The molecule has 1 saturated heterocycles. The summed E-state index contributed by atoms with van der Waals surface area (Å²) in [5.74, 6) is -0.0843. The molecule has 2 aliphatic heterocycles. The molecule has 220 valence electrons. The van der Waals surface area contributed by atoms with Crippen LogP contribution in [0.3, 0.4) is 0 Å². The molecule has 1 fully saturated rings.